The monoisotopic (exact) mass is 272 g/mol. The van der Waals surface area contributed by atoms with Gasteiger partial charge in [-0.25, -0.2) is 0 Å². The average Bonchev–Trinajstić information content (AvgIpc) is 2.22. The van der Waals surface area contributed by atoms with Gasteiger partial charge in [-0.05, 0) is 32.9 Å². The van der Waals surface area contributed by atoms with Crippen molar-refractivity contribution >= 4 is 23.0 Å². The number of rotatable bonds is 5. The Morgan fingerprint density at radius 2 is 2.11 bits per heavy atom. The fourth-order valence-corrected chi connectivity index (χ4v) is 1.63. The van der Waals surface area contributed by atoms with E-state index < -0.39 is 4.92 Å². The van der Waals surface area contributed by atoms with Gasteiger partial charge >= 0.3 is 5.69 Å². The normalized spacial score (nSPS) is 11.3. The van der Waals surface area contributed by atoms with Crippen molar-refractivity contribution in [2.24, 2.45) is 0 Å². The summed E-state index contributed by atoms with van der Waals surface area (Å²) >= 11 is 5.80. The van der Waals surface area contributed by atoms with E-state index in [-0.39, 0.29) is 16.3 Å². The highest BCUT2D eigenvalue weighted by Crippen LogP contribution is 2.31. The molecule has 0 heterocycles. The molecule has 0 saturated carbocycles. The molecule has 0 amide bonds. The van der Waals surface area contributed by atoms with Crippen LogP contribution in [-0.4, -0.2) is 23.7 Å². The maximum Gasteiger partial charge on any atom is 0.310 e. The SMILES string of the molecule is CC(C)(C)OCCNc1cccc(Cl)c1[N+](=O)[O-]. The molecule has 18 heavy (non-hydrogen) atoms. The van der Waals surface area contributed by atoms with Crippen LogP contribution < -0.4 is 5.32 Å². The molecule has 0 spiro atoms. The van der Waals surface area contributed by atoms with E-state index in [4.69, 9.17) is 16.3 Å². The topological polar surface area (TPSA) is 64.4 Å². The number of hydrogen-bond acceptors (Lipinski definition) is 4. The molecule has 1 aromatic rings. The largest absolute Gasteiger partial charge is 0.377 e. The summed E-state index contributed by atoms with van der Waals surface area (Å²) in [5, 5.41) is 14.0. The summed E-state index contributed by atoms with van der Waals surface area (Å²) in [5.41, 5.74) is 0.0852. The molecule has 0 atom stereocenters. The zero-order valence-corrected chi connectivity index (χ0v) is 11.5. The van der Waals surface area contributed by atoms with Crippen molar-refractivity contribution in [3.63, 3.8) is 0 Å². The number of nitrogens with zero attached hydrogens (tertiary/aromatic N) is 1. The first kappa shape index (κ1) is 14.7. The fourth-order valence-electron chi connectivity index (χ4n) is 1.39. The average molecular weight is 273 g/mol. The van der Waals surface area contributed by atoms with Gasteiger partial charge in [0.1, 0.15) is 10.7 Å². The summed E-state index contributed by atoms with van der Waals surface area (Å²) < 4.78 is 5.52. The van der Waals surface area contributed by atoms with Gasteiger partial charge in [0.05, 0.1) is 17.1 Å². The highest BCUT2D eigenvalue weighted by Gasteiger charge is 2.18. The van der Waals surface area contributed by atoms with Crippen molar-refractivity contribution in [1.82, 2.24) is 0 Å². The molecule has 0 aromatic heterocycles. The Kier molecular flexibility index (Phi) is 4.93. The lowest BCUT2D eigenvalue weighted by Crippen LogP contribution is -2.23. The van der Waals surface area contributed by atoms with Crippen LogP contribution in [0.3, 0.4) is 0 Å². The Morgan fingerprint density at radius 1 is 1.44 bits per heavy atom. The second-order valence-electron chi connectivity index (χ2n) is 4.78. The Morgan fingerprint density at radius 3 is 2.67 bits per heavy atom. The minimum absolute atomic E-state index is 0.102. The van der Waals surface area contributed by atoms with Crippen LogP contribution in [0, 0.1) is 10.1 Å². The van der Waals surface area contributed by atoms with Crippen molar-refractivity contribution in [2.75, 3.05) is 18.5 Å². The van der Waals surface area contributed by atoms with Crippen molar-refractivity contribution in [3.05, 3.63) is 33.3 Å². The van der Waals surface area contributed by atoms with Gasteiger partial charge in [0, 0.05) is 6.54 Å². The number of benzene rings is 1. The predicted molar refractivity (Wildman–Crippen MR) is 72.3 cm³/mol. The summed E-state index contributed by atoms with van der Waals surface area (Å²) in [4.78, 5) is 10.4. The lowest BCUT2D eigenvalue weighted by Gasteiger charge is -2.19. The van der Waals surface area contributed by atoms with E-state index >= 15 is 0 Å². The van der Waals surface area contributed by atoms with Crippen LogP contribution in [0.1, 0.15) is 20.8 Å². The zero-order chi connectivity index (χ0) is 13.8. The number of nitrogens with one attached hydrogen (secondary N) is 1. The minimum atomic E-state index is -0.491. The Hall–Kier alpha value is -1.33. The van der Waals surface area contributed by atoms with Crippen molar-refractivity contribution < 1.29 is 9.66 Å². The van der Waals surface area contributed by atoms with Crippen molar-refractivity contribution in [3.8, 4) is 0 Å². The quantitative estimate of drug-likeness (QED) is 0.506. The number of para-hydroxylation sites is 1. The van der Waals surface area contributed by atoms with Crippen molar-refractivity contribution in [1.29, 1.82) is 0 Å². The first-order chi connectivity index (χ1) is 8.31. The first-order valence-corrected chi connectivity index (χ1v) is 6.00. The van der Waals surface area contributed by atoms with Crippen LogP contribution in [0.5, 0.6) is 0 Å². The lowest BCUT2D eigenvalue weighted by atomic mass is 10.2. The van der Waals surface area contributed by atoms with E-state index in [2.05, 4.69) is 5.32 Å². The number of nitro groups is 1. The summed E-state index contributed by atoms with van der Waals surface area (Å²) in [6.07, 6.45) is 0. The number of ether oxygens (including phenoxy) is 1. The molecule has 0 fully saturated rings. The van der Waals surface area contributed by atoms with Crippen LogP contribution in [-0.2, 0) is 4.74 Å². The summed E-state index contributed by atoms with van der Waals surface area (Å²) in [5.74, 6) is 0. The molecule has 0 aliphatic carbocycles. The first-order valence-electron chi connectivity index (χ1n) is 5.62. The fraction of sp³-hybridized carbons (Fsp3) is 0.500. The maximum atomic E-state index is 10.9. The summed E-state index contributed by atoms with van der Waals surface area (Å²) in [6, 6.07) is 4.79. The second-order valence-corrected chi connectivity index (χ2v) is 5.19. The van der Waals surface area contributed by atoms with Crippen LogP contribution in [0.4, 0.5) is 11.4 Å². The van der Waals surface area contributed by atoms with E-state index in [0.717, 1.165) is 0 Å². The predicted octanol–water partition coefficient (Wildman–Crippen LogP) is 3.48. The van der Waals surface area contributed by atoms with Gasteiger partial charge in [-0.15, -0.1) is 0 Å². The molecular formula is C12H17ClN2O3. The minimum Gasteiger partial charge on any atom is -0.377 e. The molecule has 1 rings (SSSR count). The van der Waals surface area contributed by atoms with E-state index in [1.54, 1.807) is 12.1 Å². The molecule has 0 aliphatic rings. The van der Waals surface area contributed by atoms with Gasteiger partial charge in [-0.1, -0.05) is 17.7 Å². The third-order valence-electron chi connectivity index (χ3n) is 2.12. The molecule has 1 N–H and O–H groups in total. The molecular weight excluding hydrogens is 256 g/mol. The molecule has 1 aromatic carbocycles. The van der Waals surface area contributed by atoms with Crippen LogP contribution >= 0.6 is 11.6 Å². The van der Waals surface area contributed by atoms with Crippen LogP contribution in [0.25, 0.3) is 0 Å². The van der Waals surface area contributed by atoms with Crippen LogP contribution in [0.15, 0.2) is 18.2 Å². The van der Waals surface area contributed by atoms with Gasteiger partial charge in [-0.2, -0.15) is 0 Å². The van der Waals surface area contributed by atoms with E-state index in [9.17, 15) is 10.1 Å². The number of anilines is 1. The maximum absolute atomic E-state index is 10.9. The van der Waals surface area contributed by atoms with Gasteiger partial charge in [-0.3, -0.25) is 10.1 Å². The Balaban J connectivity index is 2.63. The van der Waals surface area contributed by atoms with E-state index in [1.807, 2.05) is 20.8 Å². The molecule has 5 nitrogen and oxygen atoms in total. The third-order valence-corrected chi connectivity index (χ3v) is 2.43. The lowest BCUT2D eigenvalue weighted by molar-refractivity contribution is -0.383. The van der Waals surface area contributed by atoms with Crippen molar-refractivity contribution in [2.45, 2.75) is 26.4 Å². The molecule has 0 bridgehead atoms. The number of hydrogen-bond donors (Lipinski definition) is 1. The number of halogens is 1. The number of nitro benzene ring substituents is 1. The molecule has 0 radical (unpaired) electrons. The highest BCUT2D eigenvalue weighted by atomic mass is 35.5. The van der Waals surface area contributed by atoms with Gasteiger partial charge in [0.2, 0.25) is 0 Å². The van der Waals surface area contributed by atoms with Gasteiger partial charge < -0.3 is 10.1 Å². The summed E-state index contributed by atoms with van der Waals surface area (Å²) in [6.45, 7) is 6.81. The second kappa shape index (κ2) is 6.02. The van der Waals surface area contributed by atoms with Gasteiger partial charge in [0.15, 0.2) is 0 Å². The van der Waals surface area contributed by atoms with Crippen LogP contribution in [0.2, 0.25) is 5.02 Å². The third kappa shape index (κ3) is 4.50. The van der Waals surface area contributed by atoms with E-state index in [1.165, 1.54) is 6.07 Å². The molecule has 6 heteroatoms. The smallest absolute Gasteiger partial charge is 0.310 e. The Bertz CT molecular complexity index is 430. The molecule has 0 saturated heterocycles. The Labute approximate surface area is 111 Å². The zero-order valence-electron chi connectivity index (χ0n) is 10.7. The standard InChI is InChI=1S/C12H17ClN2O3/c1-12(2,3)18-8-7-14-10-6-4-5-9(13)11(10)15(16)17/h4-6,14H,7-8H2,1-3H3. The molecule has 0 unspecified atom stereocenters. The summed E-state index contributed by atoms with van der Waals surface area (Å²) in [7, 11) is 0. The molecule has 100 valence electrons. The van der Waals surface area contributed by atoms with E-state index in [0.29, 0.717) is 18.8 Å². The highest BCUT2D eigenvalue weighted by molar-refractivity contribution is 6.33. The van der Waals surface area contributed by atoms with Gasteiger partial charge in [0.25, 0.3) is 0 Å². The molecule has 0 aliphatic heterocycles.